The van der Waals surface area contributed by atoms with E-state index in [9.17, 15) is 0 Å². The van der Waals surface area contributed by atoms with Gasteiger partial charge in [-0.1, -0.05) is 19.1 Å². The Kier molecular flexibility index (Phi) is 4.49. The van der Waals surface area contributed by atoms with Gasteiger partial charge in [-0.25, -0.2) is 9.97 Å². The third kappa shape index (κ3) is 3.03. The number of nitrogens with zero attached hydrogens (tertiary/aromatic N) is 6. The molecule has 3 aromatic heterocycles. The molecule has 0 saturated carbocycles. The second-order valence-corrected chi connectivity index (χ2v) is 3.79. The molecule has 0 aromatic carbocycles. The molecule has 20 heavy (non-hydrogen) atoms. The Bertz CT molecular complexity index is 662. The SMILES string of the molecule is CC.Cc1ccnc(-n2cc(-c3cccnc3)nn2)n1. The molecule has 3 aromatic rings. The molecule has 0 saturated heterocycles. The zero-order valence-electron chi connectivity index (χ0n) is 11.7. The lowest BCUT2D eigenvalue weighted by atomic mass is 10.2. The van der Waals surface area contributed by atoms with Gasteiger partial charge in [0, 0.05) is 29.8 Å². The maximum absolute atomic E-state index is 4.28. The van der Waals surface area contributed by atoms with Gasteiger partial charge in [0.25, 0.3) is 5.95 Å². The molecule has 0 radical (unpaired) electrons. The molecule has 0 atom stereocenters. The Balaban J connectivity index is 0.000000704. The number of hydrogen-bond donors (Lipinski definition) is 0. The van der Waals surface area contributed by atoms with E-state index in [0.717, 1.165) is 17.0 Å². The summed E-state index contributed by atoms with van der Waals surface area (Å²) in [4.78, 5) is 12.5. The van der Waals surface area contributed by atoms with Gasteiger partial charge < -0.3 is 0 Å². The third-order valence-electron chi connectivity index (χ3n) is 2.44. The van der Waals surface area contributed by atoms with Crippen LogP contribution >= 0.6 is 0 Å². The second-order valence-electron chi connectivity index (χ2n) is 3.79. The van der Waals surface area contributed by atoms with Crippen molar-refractivity contribution < 1.29 is 0 Å². The highest BCUT2D eigenvalue weighted by atomic mass is 15.5. The number of pyridine rings is 1. The van der Waals surface area contributed by atoms with E-state index in [0.29, 0.717) is 5.95 Å². The van der Waals surface area contributed by atoms with Crippen LogP contribution in [0.2, 0.25) is 0 Å². The predicted octanol–water partition coefficient (Wildman–Crippen LogP) is 2.45. The van der Waals surface area contributed by atoms with Gasteiger partial charge in [-0.2, -0.15) is 4.68 Å². The van der Waals surface area contributed by atoms with Crippen LogP contribution in [0, 0.1) is 6.92 Å². The summed E-state index contributed by atoms with van der Waals surface area (Å²) in [5.41, 5.74) is 2.54. The van der Waals surface area contributed by atoms with Crippen molar-refractivity contribution >= 4 is 0 Å². The van der Waals surface area contributed by atoms with Crippen LogP contribution in [0.15, 0.2) is 43.0 Å². The zero-order valence-corrected chi connectivity index (χ0v) is 11.7. The van der Waals surface area contributed by atoms with Crippen LogP contribution < -0.4 is 0 Å². The standard InChI is InChI=1S/C12H10N6.C2H6/c1-9-4-6-14-12(15-9)18-8-11(16-17-18)10-3-2-5-13-7-10;1-2/h2-8H,1H3;1-2H3. The van der Waals surface area contributed by atoms with Gasteiger partial charge in [0.2, 0.25) is 0 Å². The highest BCUT2D eigenvalue weighted by Gasteiger charge is 2.06. The second kappa shape index (κ2) is 6.51. The van der Waals surface area contributed by atoms with Crippen LogP contribution in [0.4, 0.5) is 0 Å². The smallest absolute Gasteiger partial charge is 0.252 e. The van der Waals surface area contributed by atoms with Crippen molar-refractivity contribution in [2.24, 2.45) is 0 Å². The van der Waals surface area contributed by atoms with Crippen LogP contribution in [0.25, 0.3) is 17.2 Å². The summed E-state index contributed by atoms with van der Waals surface area (Å²) >= 11 is 0. The van der Waals surface area contributed by atoms with Gasteiger partial charge in [0.1, 0.15) is 5.69 Å². The molecule has 0 N–H and O–H groups in total. The van der Waals surface area contributed by atoms with E-state index in [1.807, 2.05) is 39.0 Å². The van der Waals surface area contributed by atoms with E-state index in [2.05, 4.69) is 25.3 Å². The highest BCUT2D eigenvalue weighted by molar-refractivity contribution is 5.56. The molecule has 0 aliphatic rings. The van der Waals surface area contributed by atoms with Crippen molar-refractivity contribution in [2.45, 2.75) is 20.8 Å². The molecule has 0 unspecified atom stereocenters. The van der Waals surface area contributed by atoms with Gasteiger partial charge >= 0.3 is 0 Å². The first-order valence-corrected chi connectivity index (χ1v) is 6.46. The lowest BCUT2D eigenvalue weighted by molar-refractivity contribution is 0.751. The van der Waals surface area contributed by atoms with Crippen molar-refractivity contribution in [1.82, 2.24) is 29.9 Å². The maximum atomic E-state index is 4.28. The molecule has 0 spiro atoms. The number of aryl methyl sites for hydroxylation is 1. The van der Waals surface area contributed by atoms with Gasteiger partial charge in [0.05, 0.1) is 6.20 Å². The molecule has 0 aliphatic heterocycles. The molecule has 0 amide bonds. The van der Waals surface area contributed by atoms with Gasteiger partial charge in [-0.3, -0.25) is 4.98 Å². The van der Waals surface area contributed by atoms with E-state index >= 15 is 0 Å². The van der Waals surface area contributed by atoms with E-state index in [4.69, 9.17) is 0 Å². The number of rotatable bonds is 2. The van der Waals surface area contributed by atoms with E-state index in [-0.39, 0.29) is 0 Å². The lowest BCUT2D eigenvalue weighted by Crippen LogP contribution is -2.02. The normalized spacial score (nSPS) is 9.75. The van der Waals surface area contributed by atoms with Gasteiger partial charge in [-0.05, 0) is 25.1 Å². The molecule has 102 valence electrons. The summed E-state index contributed by atoms with van der Waals surface area (Å²) in [5, 5.41) is 8.10. The largest absolute Gasteiger partial charge is 0.264 e. The molecule has 0 bridgehead atoms. The Morgan fingerprint density at radius 3 is 2.65 bits per heavy atom. The topological polar surface area (TPSA) is 69.4 Å². The quantitative estimate of drug-likeness (QED) is 0.714. The van der Waals surface area contributed by atoms with Crippen molar-refractivity contribution in [3.8, 4) is 17.2 Å². The molecule has 0 aliphatic carbocycles. The van der Waals surface area contributed by atoms with Crippen LogP contribution in [0.1, 0.15) is 19.5 Å². The minimum Gasteiger partial charge on any atom is -0.264 e. The predicted molar refractivity (Wildman–Crippen MR) is 76.3 cm³/mol. The van der Waals surface area contributed by atoms with Crippen LogP contribution in [0.5, 0.6) is 0 Å². The number of aromatic nitrogens is 6. The fourth-order valence-corrected chi connectivity index (χ4v) is 1.55. The Labute approximate surface area is 117 Å². The minimum atomic E-state index is 0.512. The van der Waals surface area contributed by atoms with Crippen molar-refractivity contribution in [2.75, 3.05) is 0 Å². The lowest BCUT2D eigenvalue weighted by Gasteiger charge is -1.97. The Morgan fingerprint density at radius 2 is 1.95 bits per heavy atom. The fraction of sp³-hybridized carbons (Fsp3) is 0.214. The van der Waals surface area contributed by atoms with Gasteiger partial charge in [0.15, 0.2) is 0 Å². The summed E-state index contributed by atoms with van der Waals surface area (Å²) in [7, 11) is 0. The van der Waals surface area contributed by atoms with E-state index in [1.54, 1.807) is 29.5 Å². The van der Waals surface area contributed by atoms with Crippen LogP contribution in [0.3, 0.4) is 0 Å². The van der Waals surface area contributed by atoms with Crippen molar-refractivity contribution in [3.05, 3.63) is 48.7 Å². The van der Waals surface area contributed by atoms with E-state index in [1.165, 1.54) is 0 Å². The van der Waals surface area contributed by atoms with E-state index < -0.39 is 0 Å². The van der Waals surface area contributed by atoms with Crippen molar-refractivity contribution in [3.63, 3.8) is 0 Å². The van der Waals surface area contributed by atoms with Crippen molar-refractivity contribution in [1.29, 1.82) is 0 Å². The average molecular weight is 268 g/mol. The molecular weight excluding hydrogens is 252 g/mol. The molecule has 6 heteroatoms. The summed E-state index contributed by atoms with van der Waals surface area (Å²) in [6.45, 7) is 5.91. The molecular formula is C14H16N6. The summed E-state index contributed by atoms with van der Waals surface area (Å²) in [6.07, 6.45) is 6.94. The first-order valence-electron chi connectivity index (χ1n) is 6.46. The first-order chi connectivity index (χ1) is 9.83. The Hall–Kier alpha value is -2.63. The fourth-order valence-electron chi connectivity index (χ4n) is 1.55. The monoisotopic (exact) mass is 268 g/mol. The van der Waals surface area contributed by atoms with Crippen LogP contribution in [-0.2, 0) is 0 Å². The number of hydrogen-bond acceptors (Lipinski definition) is 5. The maximum Gasteiger partial charge on any atom is 0.252 e. The first kappa shape index (κ1) is 13.8. The minimum absolute atomic E-state index is 0.512. The van der Waals surface area contributed by atoms with Gasteiger partial charge in [-0.15, -0.1) is 5.10 Å². The Morgan fingerprint density at radius 1 is 1.10 bits per heavy atom. The van der Waals surface area contributed by atoms with Crippen LogP contribution in [-0.4, -0.2) is 29.9 Å². The zero-order chi connectivity index (χ0) is 14.4. The molecule has 6 nitrogen and oxygen atoms in total. The third-order valence-corrected chi connectivity index (χ3v) is 2.44. The summed E-state index contributed by atoms with van der Waals surface area (Å²) < 4.78 is 1.55. The highest BCUT2D eigenvalue weighted by Crippen LogP contribution is 2.14. The summed E-state index contributed by atoms with van der Waals surface area (Å²) in [5.74, 6) is 0.512. The average Bonchev–Trinajstić information content (AvgIpc) is 3.00. The summed E-state index contributed by atoms with van der Waals surface area (Å²) in [6, 6.07) is 5.62. The molecule has 3 rings (SSSR count). The molecule has 0 fully saturated rings. The molecule has 3 heterocycles.